The van der Waals surface area contributed by atoms with E-state index in [1.54, 1.807) is 41.0 Å². The Morgan fingerprint density at radius 1 is 1.23 bits per heavy atom. The molecule has 1 aromatic rings. The molecule has 6 nitrogen and oxygen atoms in total. The van der Waals surface area contributed by atoms with Crippen LogP contribution in [-0.2, 0) is 9.59 Å². The van der Waals surface area contributed by atoms with E-state index in [4.69, 9.17) is 10.00 Å². The van der Waals surface area contributed by atoms with Gasteiger partial charge in [-0.1, -0.05) is 6.07 Å². The van der Waals surface area contributed by atoms with Crippen molar-refractivity contribution in [2.75, 3.05) is 26.2 Å². The minimum absolute atomic E-state index is 0.0321. The van der Waals surface area contributed by atoms with Crippen LogP contribution in [0.1, 0.15) is 19.4 Å². The molecule has 0 N–H and O–H groups in total. The molecule has 1 aliphatic heterocycles. The molecule has 0 saturated carbocycles. The molecule has 1 aromatic carbocycles. The van der Waals surface area contributed by atoms with Crippen molar-refractivity contribution in [2.24, 2.45) is 0 Å². The van der Waals surface area contributed by atoms with Crippen molar-refractivity contribution in [3.63, 3.8) is 0 Å². The maximum atomic E-state index is 12.4. The molecule has 0 aliphatic carbocycles. The molecule has 116 valence electrons. The molecule has 0 radical (unpaired) electrons. The summed E-state index contributed by atoms with van der Waals surface area (Å²) in [5.41, 5.74) is 0.493. The Morgan fingerprint density at radius 2 is 1.86 bits per heavy atom. The van der Waals surface area contributed by atoms with Gasteiger partial charge in [-0.2, -0.15) is 5.26 Å². The number of hydrogen-bond donors (Lipinski definition) is 0. The number of ether oxygens (including phenoxy) is 1. The van der Waals surface area contributed by atoms with Crippen LogP contribution in [0.15, 0.2) is 24.3 Å². The van der Waals surface area contributed by atoms with Crippen LogP contribution in [0, 0.1) is 11.3 Å². The van der Waals surface area contributed by atoms with E-state index in [0.717, 1.165) is 0 Å². The quantitative estimate of drug-likeness (QED) is 0.835. The number of nitrogens with zero attached hydrogens (tertiary/aromatic N) is 3. The van der Waals surface area contributed by atoms with Crippen LogP contribution in [-0.4, -0.2) is 53.9 Å². The first kappa shape index (κ1) is 15.8. The third kappa shape index (κ3) is 3.76. The first-order chi connectivity index (χ1) is 10.5. The first-order valence-corrected chi connectivity index (χ1v) is 7.22. The summed E-state index contributed by atoms with van der Waals surface area (Å²) in [4.78, 5) is 27.1. The van der Waals surface area contributed by atoms with Gasteiger partial charge in [-0.25, -0.2) is 0 Å². The normalized spacial score (nSPS) is 15.9. The van der Waals surface area contributed by atoms with Crippen molar-refractivity contribution in [2.45, 2.75) is 20.0 Å². The molecular formula is C16H19N3O3. The zero-order valence-corrected chi connectivity index (χ0v) is 12.8. The zero-order valence-electron chi connectivity index (χ0n) is 12.8. The molecule has 0 spiro atoms. The lowest BCUT2D eigenvalue weighted by Crippen LogP contribution is -2.52. The minimum atomic E-state index is -0.627. The number of carbonyl (C=O) groups is 2. The van der Waals surface area contributed by atoms with Crippen LogP contribution >= 0.6 is 0 Å². The number of rotatable bonds is 3. The number of benzene rings is 1. The van der Waals surface area contributed by atoms with Gasteiger partial charge < -0.3 is 14.5 Å². The predicted octanol–water partition coefficient (Wildman–Crippen LogP) is 1.02. The molecule has 2 rings (SSSR count). The van der Waals surface area contributed by atoms with E-state index in [0.29, 0.717) is 37.5 Å². The zero-order chi connectivity index (χ0) is 16.1. The fourth-order valence-corrected chi connectivity index (χ4v) is 2.39. The third-order valence-corrected chi connectivity index (χ3v) is 3.66. The Balaban J connectivity index is 1.92. The van der Waals surface area contributed by atoms with E-state index in [9.17, 15) is 9.59 Å². The minimum Gasteiger partial charge on any atom is -0.481 e. The van der Waals surface area contributed by atoms with Gasteiger partial charge in [-0.3, -0.25) is 9.59 Å². The standard InChI is InChI=1S/C16H19N3O3/c1-12(22-15-5-3-4-14(10-15)11-17)16(21)19-8-6-18(7-9-19)13(2)20/h3-5,10,12H,6-9H2,1-2H3. The van der Waals surface area contributed by atoms with Crippen molar-refractivity contribution < 1.29 is 14.3 Å². The average molecular weight is 301 g/mol. The second-order valence-electron chi connectivity index (χ2n) is 5.23. The Labute approximate surface area is 129 Å². The van der Waals surface area contributed by atoms with E-state index in [1.807, 2.05) is 6.07 Å². The third-order valence-electron chi connectivity index (χ3n) is 3.66. The van der Waals surface area contributed by atoms with E-state index in [-0.39, 0.29) is 11.8 Å². The Morgan fingerprint density at radius 3 is 2.45 bits per heavy atom. The Bertz CT molecular complexity index is 601. The van der Waals surface area contributed by atoms with Gasteiger partial charge in [0.2, 0.25) is 5.91 Å². The average Bonchev–Trinajstić information content (AvgIpc) is 2.54. The number of piperazine rings is 1. The van der Waals surface area contributed by atoms with Gasteiger partial charge in [0.05, 0.1) is 11.6 Å². The molecule has 1 heterocycles. The summed E-state index contributed by atoms with van der Waals surface area (Å²) < 4.78 is 5.62. The Kier molecular flexibility index (Phi) is 4.99. The monoisotopic (exact) mass is 301 g/mol. The molecule has 1 aliphatic rings. The van der Waals surface area contributed by atoms with Crippen LogP contribution < -0.4 is 4.74 Å². The van der Waals surface area contributed by atoms with E-state index in [2.05, 4.69) is 0 Å². The van der Waals surface area contributed by atoms with Gasteiger partial charge in [0.25, 0.3) is 5.91 Å². The summed E-state index contributed by atoms with van der Waals surface area (Å²) in [5.74, 6) is 0.428. The lowest BCUT2D eigenvalue weighted by atomic mass is 10.2. The largest absolute Gasteiger partial charge is 0.481 e. The molecule has 1 saturated heterocycles. The molecule has 0 aromatic heterocycles. The highest BCUT2D eigenvalue weighted by Crippen LogP contribution is 2.15. The number of carbonyl (C=O) groups excluding carboxylic acids is 2. The molecule has 1 atom stereocenters. The van der Waals surface area contributed by atoms with E-state index in [1.165, 1.54) is 6.92 Å². The fraction of sp³-hybridized carbons (Fsp3) is 0.438. The lowest BCUT2D eigenvalue weighted by Gasteiger charge is -2.35. The van der Waals surface area contributed by atoms with Gasteiger partial charge in [0.15, 0.2) is 6.10 Å². The molecule has 1 unspecified atom stereocenters. The highest BCUT2D eigenvalue weighted by molar-refractivity contribution is 5.81. The van der Waals surface area contributed by atoms with E-state index < -0.39 is 6.10 Å². The topological polar surface area (TPSA) is 73.6 Å². The Hall–Kier alpha value is -2.55. The smallest absolute Gasteiger partial charge is 0.263 e. The van der Waals surface area contributed by atoms with Crippen molar-refractivity contribution >= 4 is 11.8 Å². The summed E-state index contributed by atoms with van der Waals surface area (Å²) in [6, 6.07) is 8.76. The number of hydrogen-bond acceptors (Lipinski definition) is 4. The summed E-state index contributed by atoms with van der Waals surface area (Å²) in [6.07, 6.45) is -0.627. The molecule has 1 fully saturated rings. The van der Waals surface area contributed by atoms with Gasteiger partial charge in [-0.15, -0.1) is 0 Å². The van der Waals surface area contributed by atoms with Gasteiger partial charge in [0, 0.05) is 33.1 Å². The van der Waals surface area contributed by atoms with Crippen LogP contribution in [0.3, 0.4) is 0 Å². The van der Waals surface area contributed by atoms with Crippen molar-refractivity contribution in [1.29, 1.82) is 5.26 Å². The van der Waals surface area contributed by atoms with Gasteiger partial charge in [-0.05, 0) is 25.1 Å². The van der Waals surface area contributed by atoms with E-state index >= 15 is 0 Å². The predicted molar refractivity (Wildman–Crippen MR) is 80.1 cm³/mol. The number of nitriles is 1. The summed E-state index contributed by atoms with van der Waals surface area (Å²) in [6.45, 7) is 5.37. The van der Waals surface area contributed by atoms with Crippen molar-refractivity contribution in [1.82, 2.24) is 9.80 Å². The van der Waals surface area contributed by atoms with Crippen LogP contribution in [0.4, 0.5) is 0 Å². The molecule has 2 amide bonds. The molecule has 0 bridgehead atoms. The first-order valence-electron chi connectivity index (χ1n) is 7.22. The SMILES string of the molecule is CC(=O)N1CCN(C(=O)C(C)Oc2cccc(C#N)c2)CC1. The van der Waals surface area contributed by atoms with Crippen LogP contribution in [0.25, 0.3) is 0 Å². The summed E-state index contributed by atoms with van der Waals surface area (Å²) in [5, 5.41) is 8.87. The van der Waals surface area contributed by atoms with Gasteiger partial charge >= 0.3 is 0 Å². The summed E-state index contributed by atoms with van der Waals surface area (Å²) in [7, 11) is 0. The molecular weight excluding hydrogens is 282 g/mol. The summed E-state index contributed by atoms with van der Waals surface area (Å²) >= 11 is 0. The maximum absolute atomic E-state index is 12.4. The second kappa shape index (κ2) is 6.94. The maximum Gasteiger partial charge on any atom is 0.263 e. The highest BCUT2D eigenvalue weighted by atomic mass is 16.5. The van der Waals surface area contributed by atoms with Crippen LogP contribution in [0.5, 0.6) is 5.75 Å². The second-order valence-corrected chi connectivity index (χ2v) is 5.23. The van der Waals surface area contributed by atoms with Gasteiger partial charge in [0.1, 0.15) is 5.75 Å². The fourth-order valence-electron chi connectivity index (χ4n) is 2.39. The van der Waals surface area contributed by atoms with Crippen molar-refractivity contribution in [3.05, 3.63) is 29.8 Å². The molecule has 22 heavy (non-hydrogen) atoms. The molecule has 6 heteroatoms. The highest BCUT2D eigenvalue weighted by Gasteiger charge is 2.26. The van der Waals surface area contributed by atoms with Crippen LogP contribution in [0.2, 0.25) is 0 Å². The van der Waals surface area contributed by atoms with Crippen molar-refractivity contribution in [3.8, 4) is 11.8 Å². The number of amides is 2. The lowest BCUT2D eigenvalue weighted by molar-refractivity contribution is -0.143.